The first-order chi connectivity index (χ1) is 6.43. The molecule has 2 aliphatic rings. The fraction of sp³-hybridized carbons (Fsp3) is 0.545. The van der Waals surface area contributed by atoms with Gasteiger partial charge < -0.3 is 5.32 Å². The molecule has 0 radical (unpaired) electrons. The molecule has 0 aromatic carbocycles. The molecular weight excluding hydrogens is 160 g/mol. The van der Waals surface area contributed by atoms with Gasteiger partial charge in [-0.2, -0.15) is 0 Å². The van der Waals surface area contributed by atoms with E-state index in [1.807, 2.05) is 12.4 Å². The number of hydrogen-bond donors (Lipinski definition) is 1. The maximum atomic E-state index is 4.19. The van der Waals surface area contributed by atoms with Crippen molar-refractivity contribution in [2.24, 2.45) is 0 Å². The molecule has 3 rings (SSSR count). The van der Waals surface area contributed by atoms with Crippen LogP contribution in [0.1, 0.15) is 36.4 Å². The third-order valence-electron chi connectivity index (χ3n) is 3.04. The van der Waals surface area contributed by atoms with Gasteiger partial charge in [0.05, 0.1) is 0 Å². The van der Waals surface area contributed by atoms with Crippen LogP contribution in [0.2, 0.25) is 0 Å². The fourth-order valence-electron chi connectivity index (χ4n) is 2.14. The molecule has 0 amide bonds. The van der Waals surface area contributed by atoms with Gasteiger partial charge in [-0.25, -0.2) is 0 Å². The first kappa shape index (κ1) is 7.51. The molecule has 13 heavy (non-hydrogen) atoms. The number of nitrogens with one attached hydrogen (secondary N) is 1. The zero-order chi connectivity index (χ0) is 8.67. The molecule has 1 N–H and O–H groups in total. The molecule has 1 fully saturated rings. The van der Waals surface area contributed by atoms with Crippen molar-refractivity contribution in [3.63, 3.8) is 0 Å². The van der Waals surface area contributed by atoms with Crippen molar-refractivity contribution in [3.05, 3.63) is 29.6 Å². The minimum atomic E-state index is 0.594. The first-order valence-electron chi connectivity index (χ1n) is 5.12. The molecule has 1 aromatic rings. The van der Waals surface area contributed by atoms with Crippen LogP contribution in [-0.2, 0) is 6.42 Å². The van der Waals surface area contributed by atoms with Gasteiger partial charge in [0.15, 0.2) is 0 Å². The number of fused-ring (bicyclic) bond motifs is 1. The summed E-state index contributed by atoms with van der Waals surface area (Å²) >= 11 is 0. The number of aryl methyl sites for hydroxylation is 1. The quantitative estimate of drug-likeness (QED) is 0.739. The van der Waals surface area contributed by atoms with Crippen LogP contribution >= 0.6 is 0 Å². The second-order valence-corrected chi connectivity index (χ2v) is 4.11. The monoisotopic (exact) mass is 174 g/mol. The maximum absolute atomic E-state index is 4.19. The van der Waals surface area contributed by atoms with Crippen molar-refractivity contribution in [2.75, 3.05) is 0 Å². The maximum Gasteiger partial charge on any atom is 0.0343 e. The molecule has 1 heterocycles. The van der Waals surface area contributed by atoms with E-state index >= 15 is 0 Å². The summed E-state index contributed by atoms with van der Waals surface area (Å²) in [5.74, 6) is 0. The summed E-state index contributed by atoms with van der Waals surface area (Å²) in [5, 5.41) is 3.67. The highest BCUT2D eigenvalue weighted by atomic mass is 15.0. The zero-order valence-corrected chi connectivity index (χ0v) is 7.66. The van der Waals surface area contributed by atoms with Gasteiger partial charge in [0, 0.05) is 24.5 Å². The highest BCUT2D eigenvalue weighted by molar-refractivity contribution is 5.31. The topological polar surface area (TPSA) is 24.9 Å². The fourth-order valence-corrected chi connectivity index (χ4v) is 2.14. The molecule has 1 saturated carbocycles. The van der Waals surface area contributed by atoms with Crippen molar-refractivity contribution < 1.29 is 0 Å². The van der Waals surface area contributed by atoms with Gasteiger partial charge >= 0.3 is 0 Å². The Morgan fingerprint density at radius 2 is 2.23 bits per heavy atom. The third kappa shape index (κ3) is 1.35. The van der Waals surface area contributed by atoms with Crippen LogP contribution in [0.5, 0.6) is 0 Å². The van der Waals surface area contributed by atoms with Gasteiger partial charge in [-0.15, -0.1) is 0 Å². The number of aromatic nitrogens is 1. The summed E-state index contributed by atoms with van der Waals surface area (Å²) in [6.07, 6.45) is 9.15. The smallest absolute Gasteiger partial charge is 0.0343 e. The van der Waals surface area contributed by atoms with Gasteiger partial charge in [-0.3, -0.25) is 4.98 Å². The molecule has 0 bridgehead atoms. The van der Waals surface area contributed by atoms with Crippen molar-refractivity contribution in [3.8, 4) is 0 Å². The Bertz CT molecular complexity index is 318. The van der Waals surface area contributed by atoms with Gasteiger partial charge in [-0.05, 0) is 42.9 Å². The third-order valence-corrected chi connectivity index (χ3v) is 3.04. The second kappa shape index (κ2) is 2.81. The minimum absolute atomic E-state index is 0.594. The van der Waals surface area contributed by atoms with E-state index in [0.717, 1.165) is 6.04 Å². The predicted octanol–water partition coefficient (Wildman–Crippen LogP) is 1.82. The molecule has 0 spiro atoms. The van der Waals surface area contributed by atoms with Crippen LogP contribution in [0.15, 0.2) is 18.5 Å². The number of rotatable bonds is 2. The van der Waals surface area contributed by atoms with Gasteiger partial charge in [-0.1, -0.05) is 0 Å². The summed E-state index contributed by atoms with van der Waals surface area (Å²) in [4.78, 5) is 4.19. The van der Waals surface area contributed by atoms with Crippen LogP contribution in [0.4, 0.5) is 0 Å². The molecule has 1 aromatic heterocycles. The van der Waals surface area contributed by atoms with Gasteiger partial charge in [0.2, 0.25) is 0 Å². The Morgan fingerprint density at radius 3 is 3.08 bits per heavy atom. The van der Waals surface area contributed by atoms with E-state index in [1.54, 1.807) is 0 Å². The van der Waals surface area contributed by atoms with Crippen LogP contribution in [0.3, 0.4) is 0 Å². The Balaban J connectivity index is 1.84. The predicted molar refractivity (Wildman–Crippen MR) is 51.5 cm³/mol. The van der Waals surface area contributed by atoms with Gasteiger partial charge in [0.1, 0.15) is 0 Å². The average Bonchev–Trinajstić information content (AvgIpc) is 2.88. The second-order valence-electron chi connectivity index (χ2n) is 4.11. The van der Waals surface area contributed by atoms with Gasteiger partial charge in [0.25, 0.3) is 0 Å². The van der Waals surface area contributed by atoms with Crippen molar-refractivity contribution in [1.29, 1.82) is 0 Å². The standard InChI is InChI=1S/C11H14N2/c1-4-11(13-9-2-3-9)10-7-12-6-5-8(1)10/h5-7,9,11,13H,1-4H2. The van der Waals surface area contributed by atoms with E-state index in [-0.39, 0.29) is 0 Å². The molecule has 0 aliphatic heterocycles. The Kier molecular flexibility index (Phi) is 1.62. The molecule has 68 valence electrons. The molecule has 2 aliphatic carbocycles. The summed E-state index contributed by atoms with van der Waals surface area (Å²) in [7, 11) is 0. The first-order valence-corrected chi connectivity index (χ1v) is 5.12. The van der Waals surface area contributed by atoms with Crippen LogP contribution in [0, 0.1) is 0 Å². The highest BCUT2D eigenvalue weighted by Crippen LogP contribution is 2.33. The van der Waals surface area contributed by atoms with Crippen LogP contribution in [-0.4, -0.2) is 11.0 Å². The Labute approximate surface area is 78.4 Å². The lowest BCUT2D eigenvalue weighted by molar-refractivity contribution is 0.526. The summed E-state index contributed by atoms with van der Waals surface area (Å²) in [5.41, 5.74) is 2.93. The van der Waals surface area contributed by atoms with E-state index < -0.39 is 0 Å². The lowest BCUT2D eigenvalue weighted by Crippen LogP contribution is -2.21. The van der Waals surface area contributed by atoms with E-state index in [2.05, 4.69) is 16.4 Å². The normalized spacial score (nSPS) is 26.0. The molecule has 1 atom stereocenters. The Morgan fingerprint density at radius 1 is 1.31 bits per heavy atom. The van der Waals surface area contributed by atoms with Crippen molar-refractivity contribution >= 4 is 0 Å². The molecular formula is C11H14N2. The lowest BCUT2D eigenvalue weighted by Gasteiger charge is -2.12. The van der Waals surface area contributed by atoms with Crippen molar-refractivity contribution in [1.82, 2.24) is 10.3 Å². The van der Waals surface area contributed by atoms with Crippen LogP contribution in [0.25, 0.3) is 0 Å². The minimum Gasteiger partial charge on any atom is -0.307 e. The van der Waals surface area contributed by atoms with Crippen LogP contribution < -0.4 is 5.32 Å². The molecule has 2 heteroatoms. The largest absolute Gasteiger partial charge is 0.307 e. The SMILES string of the molecule is c1cc2c(cn1)C(NC1CC1)CC2. The zero-order valence-electron chi connectivity index (χ0n) is 7.66. The highest BCUT2D eigenvalue weighted by Gasteiger charge is 2.29. The average molecular weight is 174 g/mol. The van der Waals surface area contributed by atoms with E-state index in [4.69, 9.17) is 0 Å². The van der Waals surface area contributed by atoms with Crippen molar-refractivity contribution in [2.45, 2.75) is 37.8 Å². The van der Waals surface area contributed by atoms with E-state index in [0.29, 0.717) is 6.04 Å². The lowest BCUT2D eigenvalue weighted by atomic mass is 10.1. The molecule has 0 saturated heterocycles. The Hall–Kier alpha value is -0.890. The molecule has 2 nitrogen and oxygen atoms in total. The summed E-state index contributed by atoms with van der Waals surface area (Å²) < 4.78 is 0. The number of hydrogen-bond acceptors (Lipinski definition) is 2. The van der Waals surface area contributed by atoms with E-state index in [9.17, 15) is 0 Å². The summed E-state index contributed by atoms with van der Waals surface area (Å²) in [6, 6.07) is 3.55. The number of pyridine rings is 1. The summed E-state index contributed by atoms with van der Waals surface area (Å²) in [6.45, 7) is 0. The van der Waals surface area contributed by atoms with E-state index in [1.165, 1.54) is 36.8 Å². The molecule has 1 unspecified atom stereocenters. The number of nitrogens with zero attached hydrogens (tertiary/aromatic N) is 1.